The first-order valence-electron chi connectivity index (χ1n) is 6.31. The van der Waals surface area contributed by atoms with E-state index in [0.717, 1.165) is 11.5 Å². The summed E-state index contributed by atoms with van der Waals surface area (Å²) in [7, 11) is 1.85. The van der Waals surface area contributed by atoms with Gasteiger partial charge in [-0.1, -0.05) is 0 Å². The topological polar surface area (TPSA) is 83.6 Å². The highest BCUT2D eigenvalue weighted by Gasteiger charge is 2.13. The number of anilines is 2. The summed E-state index contributed by atoms with van der Waals surface area (Å²) in [5.74, 6) is 0.488. The van der Waals surface area contributed by atoms with E-state index in [1.165, 1.54) is 0 Å². The first-order valence-corrected chi connectivity index (χ1v) is 6.31. The monoisotopic (exact) mass is 283 g/mol. The van der Waals surface area contributed by atoms with E-state index in [-0.39, 0.29) is 5.56 Å². The Hall–Kier alpha value is -2.96. The van der Waals surface area contributed by atoms with Gasteiger partial charge in [-0.05, 0) is 31.2 Å². The molecular formula is C14H13N5O2. The van der Waals surface area contributed by atoms with Crippen LogP contribution >= 0.6 is 0 Å². The van der Waals surface area contributed by atoms with Crippen molar-refractivity contribution in [3.05, 3.63) is 48.0 Å². The zero-order valence-electron chi connectivity index (χ0n) is 11.6. The van der Waals surface area contributed by atoms with Crippen LogP contribution in [0.3, 0.4) is 0 Å². The van der Waals surface area contributed by atoms with E-state index in [0.29, 0.717) is 11.5 Å². The van der Waals surface area contributed by atoms with Crippen LogP contribution in [-0.2, 0) is 0 Å². The lowest BCUT2D eigenvalue weighted by atomic mass is 10.2. The van der Waals surface area contributed by atoms with Gasteiger partial charge in [0, 0.05) is 25.1 Å². The number of rotatable bonds is 3. The predicted octanol–water partition coefficient (Wildman–Crippen LogP) is 1.90. The lowest BCUT2D eigenvalue weighted by Gasteiger charge is -2.18. The van der Waals surface area contributed by atoms with Crippen molar-refractivity contribution in [3.63, 3.8) is 0 Å². The minimum absolute atomic E-state index is 0.247. The van der Waals surface area contributed by atoms with Crippen molar-refractivity contribution in [3.8, 4) is 0 Å². The van der Waals surface area contributed by atoms with Crippen molar-refractivity contribution in [2.24, 2.45) is 0 Å². The minimum atomic E-state index is -0.947. The fourth-order valence-corrected chi connectivity index (χ4v) is 2.12. The van der Waals surface area contributed by atoms with Crippen molar-refractivity contribution in [2.75, 3.05) is 11.9 Å². The Labute approximate surface area is 120 Å². The second-order valence-electron chi connectivity index (χ2n) is 4.60. The van der Waals surface area contributed by atoms with E-state index >= 15 is 0 Å². The van der Waals surface area contributed by atoms with Crippen molar-refractivity contribution >= 4 is 23.1 Å². The van der Waals surface area contributed by atoms with Gasteiger partial charge in [0.05, 0.1) is 5.56 Å². The molecule has 3 aromatic rings. The van der Waals surface area contributed by atoms with Crippen LogP contribution in [0.25, 0.3) is 5.65 Å². The van der Waals surface area contributed by atoms with Crippen molar-refractivity contribution in [1.82, 2.24) is 19.6 Å². The van der Waals surface area contributed by atoms with E-state index in [9.17, 15) is 4.79 Å². The normalized spacial score (nSPS) is 10.8. The van der Waals surface area contributed by atoms with E-state index in [1.807, 2.05) is 23.3 Å². The molecule has 2 aromatic heterocycles. The average molecular weight is 283 g/mol. The maximum atomic E-state index is 10.9. The molecule has 2 heterocycles. The molecule has 0 spiro atoms. The summed E-state index contributed by atoms with van der Waals surface area (Å²) in [6, 6.07) is 6.59. The second-order valence-corrected chi connectivity index (χ2v) is 4.60. The van der Waals surface area contributed by atoms with E-state index < -0.39 is 5.97 Å². The molecule has 0 saturated heterocycles. The Morgan fingerprint density at radius 1 is 1.24 bits per heavy atom. The van der Waals surface area contributed by atoms with Crippen LogP contribution in [0.15, 0.2) is 36.7 Å². The van der Waals surface area contributed by atoms with Crippen LogP contribution in [0.1, 0.15) is 16.2 Å². The molecule has 21 heavy (non-hydrogen) atoms. The van der Waals surface area contributed by atoms with Gasteiger partial charge in [0.25, 0.3) is 0 Å². The molecule has 1 aromatic carbocycles. The SMILES string of the molecule is Cc1nnc2c(N(C)c3ccc(C(=O)O)cc3)nccn12. The summed E-state index contributed by atoms with van der Waals surface area (Å²) in [5, 5.41) is 17.1. The highest BCUT2D eigenvalue weighted by molar-refractivity contribution is 5.88. The van der Waals surface area contributed by atoms with Gasteiger partial charge < -0.3 is 10.0 Å². The number of aromatic carboxylic acids is 1. The quantitative estimate of drug-likeness (QED) is 0.790. The van der Waals surface area contributed by atoms with E-state index in [2.05, 4.69) is 15.2 Å². The lowest BCUT2D eigenvalue weighted by Crippen LogP contribution is -2.13. The Morgan fingerprint density at radius 3 is 2.62 bits per heavy atom. The van der Waals surface area contributed by atoms with Crippen LogP contribution in [-0.4, -0.2) is 37.7 Å². The maximum absolute atomic E-state index is 10.9. The lowest BCUT2D eigenvalue weighted by molar-refractivity contribution is 0.0697. The molecule has 0 atom stereocenters. The van der Waals surface area contributed by atoms with Gasteiger partial charge >= 0.3 is 5.97 Å². The Bertz CT molecular complexity index is 810. The zero-order chi connectivity index (χ0) is 15.0. The maximum Gasteiger partial charge on any atom is 0.335 e. The van der Waals surface area contributed by atoms with Crippen LogP contribution in [0.2, 0.25) is 0 Å². The van der Waals surface area contributed by atoms with Crippen LogP contribution in [0.4, 0.5) is 11.5 Å². The number of carbonyl (C=O) groups is 1. The Balaban J connectivity index is 2.03. The molecule has 0 aliphatic rings. The largest absolute Gasteiger partial charge is 0.478 e. The molecule has 7 heteroatoms. The van der Waals surface area contributed by atoms with Crippen molar-refractivity contribution in [2.45, 2.75) is 6.92 Å². The third-order valence-corrected chi connectivity index (χ3v) is 3.30. The fraction of sp³-hybridized carbons (Fsp3) is 0.143. The highest BCUT2D eigenvalue weighted by Crippen LogP contribution is 2.25. The van der Waals surface area contributed by atoms with Crippen LogP contribution in [0.5, 0.6) is 0 Å². The van der Waals surface area contributed by atoms with Gasteiger partial charge in [-0.15, -0.1) is 10.2 Å². The van der Waals surface area contributed by atoms with Crippen molar-refractivity contribution in [1.29, 1.82) is 0 Å². The van der Waals surface area contributed by atoms with E-state index in [4.69, 9.17) is 5.11 Å². The minimum Gasteiger partial charge on any atom is -0.478 e. The number of aryl methyl sites for hydroxylation is 1. The highest BCUT2D eigenvalue weighted by atomic mass is 16.4. The van der Waals surface area contributed by atoms with Crippen LogP contribution < -0.4 is 4.90 Å². The van der Waals surface area contributed by atoms with Gasteiger partial charge in [0.1, 0.15) is 5.82 Å². The number of benzene rings is 1. The summed E-state index contributed by atoms with van der Waals surface area (Å²) in [5.41, 5.74) is 1.72. The number of carboxylic acid groups (broad SMARTS) is 1. The van der Waals surface area contributed by atoms with Gasteiger partial charge in [0.2, 0.25) is 5.65 Å². The summed E-state index contributed by atoms with van der Waals surface area (Å²) >= 11 is 0. The predicted molar refractivity (Wildman–Crippen MR) is 77.0 cm³/mol. The molecule has 0 fully saturated rings. The standard InChI is InChI=1S/C14H13N5O2/c1-9-16-17-13-12(15-7-8-19(9)13)18(2)11-5-3-10(4-6-11)14(20)21/h3-8H,1-2H3,(H,20,21). The number of aromatic nitrogens is 4. The molecule has 0 aliphatic heterocycles. The van der Waals surface area contributed by atoms with Gasteiger partial charge in [-0.3, -0.25) is 4.40 Å². The van der Waals surface area contributed by atoms with E-state index in [1.54, 1.807) is 36.7 Å². The smallest absolute Gasteiger partial charge is 0.335 e. The summed E-state index contributed by atoms with van der Waals surface area (Å²) < 4.78 is 1.85. The molecule has 0 radical (unpaired) electrons. The number of hydrogen-bond donors (Lipinski definition) is 1. The molecule has 0 aliphatic carbocycles. The van der Waals surface area contributed by atoms with Gasteiger partial charge in [0.15, 0.2) is 5.82 Å². The van der Waals surface area contributed by atoms with Crippen molar-refractivity contribution < 1.29 is 9.90 Å². The zero-order valence-corrected chi connectivity index (χ0v) is 11.6. The molecule has 0 saturated carbocycles. The van der Waals surface area contributed by atoms with Gasteiger partial charge in [-0.25, -0.2) is 9.78 Å². The summed E-state index contributed by atoms with van der Waals surface area (Å²) in [6.45, 7) is 1.87. The number of carboxylic acids is 1. The molecule has 0 amide bonds. The second kappa shape index (κ2) is 4.86. The fourth-order valence-electron chi connectivity index (χ4n) is 2.12. The molecule has 106 valence electrons. The number of hydrogen-bond acceptors (Lipinski definition) is 5. The molecule has 0 unspecified atom stereocenters. The van der Waals surface area contributed by atoms with Crippen LogP contribution in [0, 0.1) is 6.92 Å². The molecular weight excluding hydrogens is 270 g/mol. The Kier molecular flexibility index (Phi) is 3.02. The summed E-state index contributed by atoms with van der Waals surface area (Å²) in [6.07, 6.45) is 3.48. The molecule has 0 bridgehead atoms. The summed E-state index contributed by atoms with van der Waals surface area (Å²) in [4.78, 5) is 17.1. The third-order valence-electron chi connectivity index (χ3n) is 3.30. The first-order chi connectivity index (χ1) is 10.1. The Morgan fingerprint density at radius 2 is 1.95 bits per heavy atom. The third kappa shape index (κ3) is 2.18. The molecule has 7 nitrogen and oxygen atoms in total. The average Bonchev–Trinajstić information content (AvgIpc) is 2.88. The molecule has 3 rings (SSSR count). The van der Waals surface area contributed by atoms with Gasteiger partial charge in [-0.2, -0.15) is 0 Å². The first kappa shape index (κ1) is 13.0. The molecule has 1 N–H and O–H groups in total. The number of nitrogens with zero attached hydrogens (tertiary/aromatic N) is 5. The number of fused-ring (bicyclic) bond motifs is 1.